The van der Waals surface area contributed by atoms with E-state index in [9.17, 15) is 4.79 Å². The summed E-state index contributed by atoms with van der Waals surface area (Å²) in [5.74, 6) is 0.955. The van der Waals surface area contributed by atoms with Crippen molar-refractivity contribution < 1.29 is 4.79 Å². The van der Waals surface area contributed by atoms with Crippen LogP contribution in [-0.2, 0) is 0 Å². The van der Waals surface area contributed by atoms with Crippen LogP contribution in [-0.4, -0.2) is 38.1 Å². The molecule has 5 nitrogen and oxygen atoms in total. The van der Waals surface area contributed by atoms with Gasteiger partial charge in [0, 0.05) is 29.4 Å². The molecular weight excluding hydrogens is 288 g/mol. The Morgan fingerprint density at radius 3 is 2.48 bits per heavy atom. The summed E-state index contributed by atoms with van der Waals surface area (Å²) < 4.78 is 0. The zero-order valence-electron chi connectivity index (χ0n) is 13.9. The fourth-order valence-electron chi connectivity index (χ4n) is 3.79. The second-order valence-corrected chi connectivity index (χ2v) is 7.30. The number of carbonyl (C=O) groups is 1. The maximum absolute atomic E-state index is 13.1. The highest BCUT2D eigenvalue weighted by Gasteiger charge is 2.38. The van der Waals surface area contributed by atoms with Crippen molar-refractivity contribution in [2.45, 2.75) is 64.5 Å². The van der Waals surface area contributed by atoms with Gasteiger partial charge in [-0.1, -0.05) is 6.92 Å². The molecule has 0 aromatic carbocycles. The van der Waals surface area contributed by atoms with Crippen LogP contribution < -0.4 is 0 Å². The minimum Gasteiger partial charge on any atom is -0.333 e. The van der Waals surface area contributed by atoms with Gasteiger partial charge in [-0.25, -0.2) is 4.98 Å². The second kappa shape index (κ2) is 5.62. The fraction of sp³-hybridized carbons (Fsp3) is 0.611. The van der Waals surface area contributed by atoms with Crippen molar-refractivity contribution in [2.75, 3.05) is 0 Å². The van der Waals surface area contributed by atoms with Crippen LogP contribution in [0.2, 0.25) is 0 Å². The molecule has 1 N–H and O–H groups in total. The Balaban J connectivity index is 1.62. The maximum atomic E-state index is 13.1. The summed E-state index contributed by atoms with van der Waals surface area (Å²) in [4.78, 5) is 19.7. The molecule has 5 heteroatoms. The second-order valence-electron chi connectivity index (χ2n) is 7.30. The van der Waals surface area contributed by atoms with Crippen LogP contribution >= 0.6 is 0 Å². The Labute approximate surface area is 136 Å². The van der Waals surface area contributed by atoms with Crippen molar-refractivity contribution in [3.63, 3.8) is 0 Å². The van der Waals surface area contributed by atoms with Gasteiger partial charge in [-0.05, 0) is 57.4 Å². The number of H-pyrrole nitrogens is 1. The highest BCUT2D eigenvalue weighted by Crippen LogP contribution is 2.36. The topological polar surface area (TPSA) is 61.9 Å². The summed E-state index contributed by atoms with van der Waals surface area (Å²) in [5, 5.41) is 8.03. The number of aromatic amines is 1. The van der Waals surface area contributed by atoms with Crippen molar-refractivity contribution in [2.24, 2.45) is 5.92 Å². The number of pyridine rings is 1. The average Bonchev–Trinajstić information content (AvgIpc) is 3.33. The number of rotatable bonds is 3. The van der Waals surface area contributed by atoms with E-state index in [-0.39, 0.29) is 5.91 Å². The Kier molecular flexibility index (Phi) is 3.58. The molecule has 2 heterocycles. The summed E-state index contributed by atoms with van der Waals surface area (Å²) >= 11 is 0. The molecule has 2 aromatic rings. The molecule has 0 spiro atoms. The van der Waals surface area contributed by atoms with Gasteiger partial charge in [-0.15, -0.1) is 0 Å². The molecule has 23 heavy (non-hydrogen) atoms. The number of aromatic nitrogens is 3. The summed E-state index contributed by atoms with van der Waals surface area (Å²) in [6, 6.07) is 2.80. The first-order valence-electron chi connectivity index (χ1n) is 8.77. The molecule has 0 atom stereocenters. The van der Waals surface area contributed by atoms with E-state index in [1.165, 1.54) is 12.8 Å². The minimum atomic E-state index is 0.155. The van der Waals surface area contributed by atoms with Gasteiger partial charge >= 0.3 is 0 Å². The Morgan fingerprint density at radius 2 is 1.83 bits per heavy atom. The van der Waals surface area contributed by atoms with Crippen LogP contribution in [0.5, 0.6) is 0 Å². The standard InChI is InChI=1S/C18H24N4O/c1-11-3-5-14(6-4-11)22(15-7-8-15)18(23)13-9-16-12(2)20-21-17(16)19-10-13/h9-11,14-15H,3-8H2,1-2H3,(H,19,20,21). The molecule has 0 unspecified atom stereocenters. The number of aryl methyl sites for hydroxylation is 1. The number of hydrogen-bond acceptors (Lipinski definition) is 3. The van der Waals surface area contributed by atoms with E-state index in [4.69, 9.17) is 0 Å². The summed E-state index contributed by atoms with van der Waals surface area (Å²) in [7, 11) is 0. The summed E-state index contributed by atoms with van der Waals surface area (Å²) in [6.07, 6.45) is 8.74. The number of hydrogen-bond donors (Lipinski definition) is 1. The van der Waals surface area contributed by atoms with E-state index < -0.39 is 0 Å². The van der Waals surface area contributed by atoms with Crippen LogP contribution in [0.1, 0.15) is 61.5 Å². The zero-order chi connectivity index (χ0) is 16.0. The molecule has 122 valence electrons. The van der Waals surface area contributed by atoms with Crippen LogP contribution in [0.4, 0.5) is 0 Å². The van der Waals surface area contributed by atoms with Crippen LogP contribution in [0.25, 0.3) is 11.0 Å². The van der Waals surface area contributed by atoms with E-state index in [0.29, 0.717) is 23.3 Å². The number of nitrogens with zero attached hydrogens (tertiary/aromatic N) is 3. The molecule has 0 bridgehead atoms. The fourth-order valence-corrected chi connectivity index (χ4v) is 3.79. The first-order chi connectivity index (χ1) is 11.1. The van der Waals surface area contributed by atoms with Crippen LogP contribution in [0, 0.1) is 12.8 Å². The molecule has 4 rings (SSSR count). The third kappa shape index (κ3) is 2.73. The van der Waals surface area contributed by atoms with E-state index in [0.717, 1.165) is 42.7 Å². The number of amides is 1. The molecule has 2 aromatic heterocycles. The molecule has 0 saturated heterocycles. The van der Waals surface area contributed by atoms with Gasteiger partial charge in [0.1, 0.15) is 0 Å². The molecule has 1 amide bonds. The third-order valence-electron chi connectivity index (χ3n) is 5.40. The Hall–Kier alpha value is -1.91. The number of fused-ring (bicyclic) bond motifs is 1. The normalized spacial score (nSPS) is 24.8. The van der Waals surface area contributed by atoms with Gasteiger partial charge in [-0.3, -0.25) is 9.89 Å². The van der Waals surface area contributed by atoms with Gasteiger partial charge in [-0.2, -0.15) is 5.10 Å². The largest absolute Gasteiger partial charge is 0.333 e. The van der Waals surface area contributed by atoms with E-state index in [1.807, 2.05) is 13.0 Å². The summed E-state index contributed by atoms with van der Waals surface area (Å²) in [6.45, 7) is 4.28. The lowest BCUT2D eigenvalue weighted by Crippen LogP contribution is -2.43. The van der Waals surface area contributed by atoms with Gasteiger partial charge in [0.05, 0.1) is 5.56 Å². The van der Waals surface area contributed by atoms with Crippen LogP contribution in [0.3, 0.4) is 0 Å². The van der Waals surface area contributed by atoms with Crippen LogP contribution in [0.15, 0.2) is 12.3 Å². The van der Waals surface area contributed by atoms with E-state index in [1.54, 1.807) is 6.20 Å². The first kappa shape index (κ1) is 14.7. The molecular formula is C18H24N4O. The Bertz CT molecular complexity index is 726. The average molecular weight is 312 g/mol. The van der Waals surface area contributed by atoms with Crippen molar-refractivity contribution in [1.82, 2.24) is 20.1 Å². The third-order valence-corrected chi connectivity index (χ3v) is 5.40. The van der Waals surface area contributed by atoms with E-state index >= 15 is 0 Å². The maximum Gasteiger partial charge on any atom is 0.255 e. The quantitative estimate of drug-likeness (QED) is 0.944. The minimum absolute atomic E-state index is 0.155. The lowest BCUT2D eigenvalue weighted by Gasteiger charge is -2.36. The smallest absolute Gasteiger partial charge is 0.255 e. The predicted molar refractivity (Wildman–Crippen MR) is 89.2 cm³/mol. The molecule has 0 radical (unpaired) electrons. The van der Waals surface area contributed by atoms with E-state index in [2.05, 4.69) is 27.0 Å². The van der Waals surface area contributed by atoms with Crippen molar-refractivity contribution >= 4 is 16.9 Å². The zero-order valence-corrected chi connectivity index (χ0v) is 13.9. The highest BCUT2D eigenvalue weighted by molar-refractivity contribution is 5.97. The van der Waals surface area contributed by atoms with Crippen molar-refractivity contribution in [3.05, 3.63) is 23.5 Å². The van der Waals surface area contributed by atoms with Gasteiger partial charge < -0.3 is 4.90 Å². The predicted octanol–water partition coefficient (Wildman–Crippen LogP) is 3.45. The van der Waals surface area contributed by atoms with Gasteiger partial charge in [0.25, 0.3) is 5.91 Å². The molecule has 2 aliphatic carbocycles. The molecule has 2 fully saturated rings. The molecule has 2 aliphatic rings. The summed E-state index contributed by atoms with van der Waals surface area (Å²) in [5.41, 5.74) is 2.35. The van der Waals surface area contributed by atoms with Crippen molar-refractivity contribution in [3.8, 4) is 0 Å². The number of carbonyl (C=O) groups excluding carboxylic acids is 1. The van der Waals surface area contributed by atoms with Gasteiger partial charge in [0.2, 0.25) is 0 Å². The van der Waals surface area contributed by atoms with Gasteiger partial charge in [0.15, 0.2) is 5.65 Å². The molecule has 0 aliphatic heterocycles. The SMILES string of the molecule is Cc1[nH]nc2ncc(C(=O)N(C3CCC(C)CC3)C3CC3)cc12. The van der Waals surface area contributed by atoms with Crippen molar-refractivity contribution in [1.29, 1.82) is 0 Å². The first-order valence-corrected chi connectivity index (χ1v) is 8.77. The monoisotopic (exact) mass is 312 g/mol. The lowest BCUT2D eigenvalue weighted by atomic mass is 9.86. The Morgan fingerprint density at radius 1 is 1.17 bits per heavy atom. The highest BCUT2D eigenvalue weighted by atomic mass is 16.2. The molecule has 2 saturated carbocycles. The number of nitrogens with one attached hydrogen (secondary N) is 1. The lowest BCUT2D eigenvalue weighted by molar-refractivity contribution is 0.0593.